The zero-order chi connectivity index (χ0) is 11.0. The predicted octanol–water partition coefficient (Wildman–Crippen LogP) is 2.17. The van der Waals surface area contributed by atoms with E-state index >= 15 is 0 Å². The van der Waals surface area contributed by atoms with Gasteiger partial charge in [0, 0.05) is 31.3 Å². The van der Waals surface area contributed by atoms with Crippen molar-refractivity contribution in [3.8, 4) is 5.69 Å². The van der Waals surface area contributed by atoms with Crippen LogP contribution >= 0.6 is 11.6 Å². The molecule has 0 unspecified atom stereocenters. The maximum Gasteiger partial charge on any atom is 0.0831 e. The summed E-state index contributed by atoms with van der Waals surface area (Å²) in [5.41, 5.74) is 3.39. The van der Waals surface area contributed by atoms with Crippen LogP contribution in [0.1, 0.15) is 11.3 Å². The zero-order valence-electron chi connectivity index (χ0n) is 8.78. The molecular formula is C12H12ClN3. The topological polar surface area (TPSA) is 29.9 Å². The lowest BCUT2D eigenvalue weighted by Gasteiger charge is -2.09. The molecule has 0 saturated heterocycles. The molecule has 82 valence electrons. The highest BCUT2D eigenvalue weighted by molar-refractivity contribution is 6.32. The Hall–Kier alpha value is -1.32. The molecule has 0 saturated carbocycles. The van der Waals surface area contributed by atoms with Crippen molar-refractivity contribution in [3.63, 3.8) is 0 Å². The van der Waals surface area contributed by atoms with Crippen LogP contribution in [0.5, 0.6) is 0 Å². The smallest absolute Gasteiger partial charge is 0.0831 e. The predicted molar refractivity (Wildman–Crippen MR) is 64.0 cm³/mol. The van der Waals surface area contributed by atoms with E-state index in [4.69, 9.17) is 11.6 Å². The standard InChI is InChI=1S/C12H12ClN3/c13-10-3-1-2-4-12(10)16-8-9-7-14-6-5-11(9)15-16/h1-4,8,14H,5-7H2. The minimum absolute atomic E-state index is 0.732. The average Bonchev–Trinajstić information content (AvgIpc) is 2.73. The van der Waals surface area contributed by atoms with E-state index in [2.05, 4.69) is 16.6 Å². The van der Waals surface area contributed by atoms with Crippen LogP contribution in [-0.2, 0) is 13.0 Å². The Balaban J connectivity index is 2.07. The third kappa shape index (κ3) is 1.62. The van der Waals surface area contributed by atoms with Crippen molar-refractivity contribution in [2.75, 3.05) is 6.54 Å². The molecule has 1 N–H and O–H groups in total. The van der Waals surface area contributed by atoms with Crippen molar-refractivity contribution in [2.45, 2.75) is 13.0 Å². The molecule has 1 aliphatic heterocycles. The first-order chi connectivity index (χ1) is 7.84. The van der Waals surface area contributed by atoms with Crippen molar-refractivity contribution < 1.29 is 0 Å². The van der Waals surface area contributed by atoms with Crippen molar-refractivity contribution >= 4 is 11.6 Å². The lowest BCUT2D eigenvalue weighted by atomic mass is 10.1. The summed E-state index contributed by atoms with van der Waals surface area (Å²) in [5, 5.41) is 8.64. The van der Waals surface area contributed by atoms with Crippen LogP contribution in [0.3, 0.4) is 0 Å². The van der Waals surface area contributed by atoms with Crippen molar-refractivity contribution in [3.05, 3.63) is 46.7 Å². The van der Waals surface area contributed by atoms with Gasteiger partial charge in [0.1, 0.15) is 0 Å². The molecule has 0 atom stereocenters. The summed E-state index contributed by atoms with van der Waals surface area (Å²) < 4.78 is 1.88. The second kappa shape index (κ2) is 3.92. The highest BCUT2D eigenvalue weighted by Gasteiger charge is 2.14. The number of halogens is 1. The van der Waals surface area contributed by atoms with Crippen LogP contribution in [0.25, 0.3) is 5.69 Å². The largest absolute Gasteiger partial charge is 0.312 e. The summed E-state index contributed by atoms with van der Waals surface area (Å²) in [4.78, 5) is 0. The number of rotatable bonds is 1. The summed E-state index contributed by atoms with van der Waals surface area (Å²) >= 11 is 6.15. The van der Waals surface area contributed by atoms with Gasteiger partial charge in [-0.3, -0.25) is 0 Å². The molecule has 3 rings (SSSR count). The molecule has 0 spiro atoms. The summed E-state index contributed by atoms with van der Waals surface area (Å²) in [6, 6.07) is 7.76. The molecular weight excluding hydrogens is 222 g/mol. The molecule has 3 nitrogen and oxygen atoms in total. The summed E-state index contributed by atoms with van der Waals surface area (Å²) in [6.07, 6.45) is 3.05. The van der Waals surface area contributed by atoms with E-state index in [1.807, 2.05) is 28.9 Å². The van der Waals surface area contributed by atoms with E-state index in [1.165, 1.54) is 11.3 Å². The highest BCUT2D eigenvalue weighted by atomic mass is 35.5. The summed E-state index contributed by atoms with van der Waals surface area (Å²) in [6.45, 7) is 1.91. The van der Waals surface area contributed by atoms with Gasteiger partial charge in [-0.1, -0.05) is 23.7 Å². The Bertz CT molecular complexity index is 495. The number of nitrogens with one attached hydrogen (secondary N) is 1. The van der Waals surface area contributed by atoms with Gasteiger partial charge < -0.3 is 5.32 Å². The molecule has 1 aromatic carbocycles. The van der Waals surface area contributed by atoms with Gasteiger partial charge in [-0.25, -0.2) is 4.68 Å². The Morgan fingerprint density at radius 3 is 3.00 bits per heavy atom. The van der Waals surface area contributed by atoms with Crippen LogP contribution in [0.15, 0.2) is 30.5 Å². The van der Waals surface area contributed by atoms with Gasteiger partial charge >= 0.3 is 0 Å². The van der Waals surface area contributed by atoms with Crippen molar-refractivity contribution in [1.82, 2.24) is 15.1 Å². The number of nitrogens with zero attached hydrogens (tertiary/aromatic N) is 2. The van der Waals surface area contributed by atoms with Gasteiger partial charge in [-0.05, 0) is 12.1 Å². The molecule has 0 amide bonds. The van der Waals surface area contributed by atoms with E-state index in [0.717, 1.165) is 30.2 Å². The summed E-state index contributed by atoms with van der Waals surface area (Å²) in [7, 11) is 0. The molecule has 2 heterocycles. The molecule has 0 fully saturated rings. The van der Waals surface area contributed by atoms with Gasteiger partial charge in [-0.2, -0.15) is 5.10 Å². The van der Waals surface area contributed by atoms with E-state index in [-0.39, 0.29) is 0 Å². The van der Waals surface area contributed by atoms with Crippen LogP contribution in [-0.4, -0.2) is 16.3 Å². The number of hydrogen-bond acceptors (Lipinski definition) is 2. The lowest BCUT2D eigenvalue weighted by molar-refractivity contribution is 0.635. The number of fused-ring (bicyclic) bond motifs is 1. The minimum Gasteiger partial charge on any atom is -0.312 e. The first-order valence-electron chi connectivity index (χ1n) is 5.37. The SMILES string of the molecule is Clc1ccccc1-n1cc2c(n1)CCNC2. The minimum atomic E-state index is 0.732. The molecule has 16 heavy (non-hydrogen) atoms. The highest BCUT2D eigenvalue weighted by Crippen LogP contribution is 2.21. The fourth-order valence-electron chi connectivity index (χ4n) is 1.99. The molecule has 0 aliphatic carbocycles. The molecule has 1 aliphatic rings. The first kappa shape index (κ1) is 9.87. The molecule has 0 radical (unpaired) electrons. The van der Waals surface area contributed by atoms with Gasteiger partial charge in [0.15, 0.2) is 0 Å². The third-order valence-electron chi connectivity index (χ3n) is 2.83. The monoisotopic (exact) mass is 233 g/mol. The van der Waals surface area contributed by atoms with Gasteiger partial charge in [0.05, 0.1) is 16.4 Å². The molecule has 0 bridgehead atoms. The molecule has 1 aromatic heterocycles. The second-order valence-electron chi connectivity index (χ2n) is 3.92. The average molecular weight is 234 g/mol. The fourth-order valence-corrected chi connectivity index (χ4v) is 2.22. The van der Waals surface area contributed by atoms with E-state index in [9.17, 15) is 0 Å². The molecule has 2 aromatic rings. The van der Waals surface area contributed by atoms with Crippen molar-refractivity contribution in [2.24, 2.45) is 0 Å². The lowest BCUT2D eigenvalue weighted by Crippen LogP contribution is -2.22. The summed E-state index contributed by atoms with van der Waals surface area (Å²) in [5.74, 6) is 0. The van der Waals surface area contributed by atoms with Crippen LogP contribution in [0.4, 0.5) is 0 Å². The van der Waals surface area contributed by atoms with Gasteiger partial charge in [0.25, 0.3) is 0 Å². The Labute approximate surface area is 99.0 Å². The zero-order valence-corrected chi connectivity index (χ0v) is 9.54. The Kier molecular flexibility index (Phi) is 2.42. The van der Waals surface area contributed by atoms with E-state index < -0.39 is 0 Å². The van der Waals surface area contributed by atoms with Crippen LogP contribution in [0.2, 0.25) is 5.02 Å². The number of benzene rings is 1. The van der Waals surface area contributed by atoms with E-state index in [1.54, 1.807) is 0 Å². The number of hydrogen-bond donors (Lipinski definition) is 1. The van der Waals surface area contributed by atoms with Gasteiger partial charge in [-0.15, -0.1) is 0 Å². The van der Waals surface area contributed by atoms with Crippen LogP contribution in [0, 0.1) is 0 Å². The first-order valence-corrected chi connectivity index (χ1v) is 5.75. The Morgan fingerprint density at radius 1 is 1.31 bits per heavy atom. The number of para-hydroxylation sites is 1. The third-order valence-corrected chi connectivity index (χ3v) is 3.15. The number of aromatic nitrogens is 2. The normalized spacial score (nSPS) is 14.8. The van der Waals surface area contributed by atoms with E-state index in [0.29, 0.717) is 0 Å². The molecule has 4 heteroatoms. The van der Waals surface area contributed by atoms with Crippen LogP contribution < -0.4 is 5.32 Å². The second-order valence-corrected chi connectivity index (χ2v) is 4.33. The quantitative estimate of drug-likeness (QED) is 0.818. The van der Waals surface area contributed by atoms with Crippen molar-refractivity contribution in [1.29, 1.82) is 0 Å². The fraction of sp³-hybridized carbons (Fsp3) is 0.250. The maximum atomic E-state index is 6.15. The Morgan fingerprint density at radius 2 is 2.19 bits per heavy atom. The van der Waals surface area contributed by atoms with Gasteiger partial charge in [0.2, 0.25) is 0 Å². The maximum absolute atomic E-state index is 6.15.